The van der Waals surface area contributed by atoms with Gasteiger partial charge in [0.25, 0.3) is 0 Å². The van der Waals surface area contributed by atoms with Gasteiger partial charge in [0, 0.05) is 31.5 Å². The van der Waals surface area contributed by atoms with Crippen LogP contribution in [0.15, 0.2) is 24.3 Å². The predicted octanol–water partition coefficient (Wildman–Crippen LogP) is 1.02. The van der Waals surface area contributed by atoms with Gasteiger partial charge in [-0.2, -0.15) is 4.31 Å². The molecule has 0 aromatic heterocycles. The third-order valence-electron chi connectivity index (χ3n) is 3.69. The number of carbonyl (C=O) groups excluding carboxylic acids is 2. The van der Waals surface area contributed by atoms with Crippen LogP contribution in [0.2, 0.25) is 0 Å². The Labute approximate surface area is 147 Å². The molecule has 2 N–H and O–H groups in total. The largest absolute Gasteiger partial charge is 0.377 e. The quantitative estimate of drug-likeness (QED) is 0.747. The van der Waals surface area contributed by atoms with E-state index in [4.69, 9.17) is 4.74 Å². The highest BCUT2D eigenvalue weighted by atomic mass is 32.2. The van der Waals surface area contributed by atoms with Crippen LogP contribution in [0.25, 0.3) is 0 Å². The molecule has 0 saturated carbocycles. The number of rotatable bonds is 7. The lowest BCUT2D eigenvalue weighted by Gasteiger charge is -2.22. The molecular weight excluding hydrogens is 346 g/mol. The highest BCUT2D eigenvalue weighted by Crippen LogP contribution is 2.17. The van der Waals surface area contributed by atoms with Gasteiger partial charge in [-0.05, 0) is 31.0 Å². The minimum Gasteiger partial charge on any atom is -0.377 e. The molecule has 2 amide bonds. The summed E-state index contributed by atoms with van der Waals surface area (Å²) in [5.74, 6) is -0.674. The monoisotopic (exact) mass is 369 g/mol. The van der Waals surface area contributed by atoms with E-state index in [-0.39, 0.29) is 25.1 Å². The van der Waals surface area contributed by atoms with Crippen molar-refractivity contribution in [1.82, 2.24) is 4.31 Å². The molecule has 2 rings (SSSR count). The van der Waals surface area contributed by atoms with Crippen LogP contribution in [0.5, 0.6) is 0 Å². The zero-order valence-corrected chi connectivity index (χ0v) is 15.1. The van der Waals surface area contributed by atoms with Gasteiger partial charge in [-0.15, -0.1) is 0 Å². The Morgan fingerprint density at radius 3 is 2.52 bits per heavy atom. The van der Waals surface area contributed by atoms with Gasteiger partial charge in [0.2, 0.25) is 21.8 Å². The number of anilines is 2. The molecule has 1 fully saturated rings. The van der Waals surface area contributed by atoms with E-state index in [1.165, 1.54) is 6.92 Å². The molecule has 1 unspecified atom stereocenters. The maximum atomic E-state index is 12.2. The Kier molecular flexibility index (Phi) is 6.51. The summed E-state index contributed by atoms with van der Waals surface area (Å²) < 4.78 is 30.4. The van der Waals surface area contributed by atoms with Crippen molar-refractivity contribution in [2.24, 2.45) is 0 Å². The molecule has 0 aliphatic carbocycles. The number of sulfonamides is 1. The Morgan fingerprint density at radius 1 is 1.28 bits per heavy atom. The van der Waals surface area contributed by atoms with Crippen LogP contribution in [-0.4, -0.2) is 56.6 Å². The number of hydrogen-bond donors (Lipinski definition) is 2. The molecule has 1 heterocycles. The van der Waals surface area contributed by atoms with Crippen molar-refractivity contribution in [2.75, 3.05) is 36.6 Å². The van der Waals surface area contributed by atoms with E-state index in [1.807, 2.05) is 0 Å². The van der Waals surface area contributed by atoms with E-state index in [0.717, 1.165) is 23.4 Å². The standard InChI is InChI=1S/C16H23N3O5S/c1-12(20)17-13-5-3-6-14(9-13)18-16(21)11-19(25(2,22)23)10-15-7-4-8-24-15/h3,5-6,9,15H,4,7-8,10-11H2,1-2H3,(H,17,20)(H,18,21). The number of nitrogens with one attached hydrogen (secondary N) is 2. The van der Waals surface area contributed by atoms with Crippen LogP contribution in [0.3, 0.4) is 0 Å². The molecule has 1 aliphatic rings. The van der Waals surface area contributed by atoms with Crippen LogP contribution in [0.4, 0.5) is 11.4 Å². The highest BCUT2D eigenvalue weighted by molar-refractivity contribution is 7.88. The van der Waals surface area contributed by atoms with Crippen LogP contribution >= 0.6 is 0 Å². The minimum atomic E-state index is -3.53. The summed E-state index contributed by atoms with van der Waals surface area (Å²) in [7, 11) is -3.53. The van der Waals surface area contributed by atoms with Crippen LogP contribution < -0.4 is 10.6 Å². The Bertz CT molecular complexity index is 729. The molecule has 0 bridgehead atoms. The van der Waals surface area contributed by atoms with Crippen molar-refractivity contribution in [2.45, 2.75) is 25.9 Å². The molecule has 8 nitrogen and oxygen atoms in total. The third kappa shape index (κ3) is 6.45. The molecule has 1 aromatic rings. The molecular formula is C16H23N3O5S. The number of nitrogens with zero attached hydrogens (tertiary/aromatic N) is 1. The van der Waals surface area contributed by atoms with E-state index >= 15 is 0 Å². The second kappa shape index (κ2) is 8.41. The first-order valence-corrected chi connectivity index (χ1v) is 9.83. The molecule has 25 heavy (non-hydrogen) atoms. The zero-order valence-electron chi connectivity index (χ0n) is 14.3. The fourth-order valence-corrected chi connectivity index (χ4v) is 3.36. The van der Waals surface area contributed by atoms with Gasteiger partial charge in [0.15, 0.2) is 0 Å². The first-order valence-electron chi connectivity index (χ1n) is 7.98. The second-order valence-corrected chi connectivity index (χ2v) is 7.98. The summed E-state index contributed by atoms with van der Waals surface area (Å²) >= 11 is 0. The lowest BCUT2D eigenvalue weighted by Crippen LogP contribution is -2.41. The van der Waals surface area contributed by atoms with Gasteiger partial charge >= 0.3 is 0 Å². The first-order chi connectivity index (χ1) is 11.7. The van der Waals surface area contributed by atoms with E-state index in [0.29, 0.717) is 18.0 Å². The smallest absolute Gasteiger partial charge is 0.239 e. The lowest BCUT2D eigenvalue weighted by atomic mass is 10.2. The number of hydrogen-bond acceptors (Lipinski definition) is 5. The van der Waals surface area contributed by atoms with Crippen molar-refractivity contribution in [3.8, 4) is 0 Å². The normalized spacial score (nSPS) is 17.5. The Morgan fingerprint density at radius 2 is 1.96 bits per heavy atom. The van der Waals surface area contributed by atoms with Crippen molar-refractivity contribution >= 4 is 33.2 Å². The molecule has 1 aromatic carbocycles. The van der Waals surface area contributed by atoms with Gasteiger partial charge in [0.1, 0.15) is 0 Å². The molecule has 1 atom stereocenters. The number of carbonyl (C=O) groups is 2. The fraction of sp³-hybridized carbons (Fsp3) is 0.500. The van der Waals surface area contributed by atoms with Gasteiger partial charge < -0.3 is 15.4 Å². The van der Waals surface area contributed by atoms with E-state index in [9.17, 15) is 18.0 Å². The van der Waals surface area contributed by atoms with E-state index in [2.05, 4.69) is 10.6 Å². The molecule has 9 heteroatoms. The topological polar surface area (TPSA) is 105 Å². The number of ether oxygens (including phenoxy) is 1. The molecule has 0 spiro atoms. The maximum Gasteiger partial charge on any atom is 0.239 e. The molecule has 138 valence electrons. The summed E-state index contributed by atoms with van der Waals surface area (Å²) in [6.45, 7) is 1.88. The number of amides is 2. The van der Waals surface area contributed by atoms with Crippen molar-refractivity contribution < 1.29 is 22.7 Å². The SMILES string of the molecule is CC(=O)Nc1cccc(NC(=O)CN(CC2CCCO2)S(C)(=O)=O)c1. The van der Waals surface area contributed by atoms with Gasteiger partial charge in [-0.25, -0.2) is 8.42 Å². The average Bonchev–Trinajstić information content (AvgIpc) is 2.98. The Hall–Kier alpha value is -1.97. The van der Waals surface area contributed by atoms with Crippen LogP contribution in [0.1, 0.15) is 19.8 Å². The van der Waals surface area contributed by atoms with Gasteiger partial charge in [-0.1, -0.05) is 6.07 Å². The Balaban J connectivity index is 1.99. The third-order valence-corrected chi connectivity index (χ3v) is 4.90. The summed E-state index contributed by atoms with van der Waals surface area (Å²) in [6, 6.07) is 6.64. The van der Waals surface area contributed by atoms with Crippen molar-refractivity contribution in [1.29, 1.82) is 0 Å². The average molecular weight is 369 g/mol. The summed E-state index contributed by atoms with van der Waals surface area (Å²) in [6.07, 6.45) is 2.58. The molecule has 1 saturated heterocycles. The first kappa shape index (κ1) is 19.4. The van der Waals surface area contributed by atoms with E-state index < -0.39 is 15.9 Å². The zero-order chi connectivity index (χ0) is 18.4. The van der Waals surface area contributed by atoms with Crippen molar-refractivity contribution in [3.63, 3.8) is 0 Å². The minimum absolute atomic E-state index is 0.165. The van der Waals surface area contributed by atoms with Gasteiger partial charge in [-0.3, -0.25) is 9.59 Å². The summed E-state index contributed by atoms with van der Waals surface area (Å²) in [4.78, 5) is 23.3. The summed E-state index contributed by atoms with van der Waals surface area (Å²) in [5, 5.41) is 5.26. The molecule has 1 aliphatic heterocycles. The second-order valence-electron chi connectivity index (χ2n) is 6.00. The van der Waals surface area contributed by atoms with E-state index in [1.54, 1.807) is 24.3 Å². The maximum absolute atomic E-state index is 12.2. The lowest BCUT2D eigenvalue weighted by molar-refractivity contribution is -0.116. The van der Waals surface area contributed by atoms with Crippen LogP contribution in [0, 0.1) is 0 Å². The van der Waals surface area contributed by atoms with Crippen molar-refractivity contribution in [3.05, 3.63) is 24.3 Å². The fourth-order valence-electron chi connectivity index (χ4n) is 2.57. The summed E-state index contributed by atoms with van der Waals surface area (Å²) in [5.41, 5.74) is 1.02. The predicted molar refractivity (Wildman–Crippen MR) is 94.8 cm³/mol. The number of benzene rings is 1. The van der Waals surface area contributed by atoms with Gasteiger partial charge in [0.05, 0.1) is 18.9 Å². The molecule has 0 radical (unpaired) electrons. The van der Waals surface area contributed by atoms with Crippen LogP contribution in [-0.2, 0) is 24.3 Å². The highest BCUT2D eigenvalue weighted by Gasteiger charge is 2.26.